The molecule has 1 aliphatic rings. The summed E-state index contributed by atoms with van der Waals surface area (Å²) in [5.41, 5.74) is 1.32. The molecule has 1 aromatic carbocycles. The lowest BCUT2D eigenvalue weighted by atomic mass is 10.1. The maximum atomic E-state index is 12.4. The second kappa shape index (κ2) is 5.85. The van der Waals surface area contributed by atoms with Gasteiger partial charge in [-0.15, -0.1) is 11.8 Å². The van der Waals surface area contributed by atoms with Gasteiger partial charge in [0.1, 0.15) is 5.82 Å². The van der Waals surface area contributed by atoms with Crippen molar-refractivity contribution >= 4 is 35.1 Å². The highest BCUT2D eigenvalue weighted by Crippen LogP contribution is 2.40. The zero-order valence-corrected chi connectivity index (χ0v) is 13.8. The number of nitrogens with one attached hydrogen (secondary N) is 2. The van der Waals surface area contributed by atoms with Crippen LogP contribution in [0.2, 0.25) is 5.02 Å². The van der Waals surface area contributed by atoms with Gasteiger partial charge in [-0.3, -0.25) is 19.4 Å². The maximum Gasteiger partial charge on any atom is 0.270 e. The molecule has 1 atom stereocenters. The monoisotopic (exact) mass is 337 g/mol. The van der Waals surface area contributed by atoms with Crippen molar-refractivity contribution in [3.63, 3.8) is 0 Å². The van der Waals surface area contributed by atoms with Crippen LogP contribution in [0.5, 0.6) is 0 Å². The van der Waals surface area contributed by atoms with Crippen molar-refractivity contribution in [2.45, 2.75) is 25.1 Å². The summed E-state index contributed by atoms with van der Waals surface area (Å²) in [5, 5.41) is 6.05. The van der Waals surface area contributed by atoms with Crippen molar-refractivity contribution in [3.8, 4) is 0 Å². The van der Waals surface area contributed by atoms with Crippen LogP contribution in [0.25, 0.3) is 0 Å². The summed E-state index contributed by atoms with van der Waals surface area (Å²) in [6.07, 6.45) is 0. The molecule has 2 heterocycles. The molecule has 0 fully saturated rings. The quantitative estimate of drug-likeness (QED) is 0.884. The van der Waals surface area contributed by atoms with Crippen LogP contribution in [-0.4, -0.2) is 21.4 Å². The van der Waals surface area contributed by atoms with Crippen molar-refractivity contribution in [1.82, 2.24) is 9.78 Å². The van der Waals surface area contributed by atoms with E-state index in [0.717, 1.165) is 5.56 Å². The molecular weight excluding hydrogens is 322 g/mol. The summed E-state index contributed by atoms with van der Waals surface area (Å²) >= 11 is 7.50. The normalized spacial score (nSPS) is 18.0. The first kappa shape index (κ1) is 15.2. The van der Waals surface area contributed by atoms with E-state index in [0.29, 0.717) is 22.2 Å². The van der Waals surface area contributed by atoms with Gasteiger partial charge in [0.15, 0.2) is 0 Å². The molecule has 7 heteroatoms. The molecule has 5 nitrogen and oxygen atoms in total. The highest BCUT2D eigenvalue weighted by atomic mass is 35.5. The Morgan fingerprint density at radius 3 is 2.82 bits per heavy atom. The number of benzene rings is 1. The Morgan fingerprint density at radius 2 is 2.14 bits per heavy atom. The maximum absolute atomic E-state index is 12.4. The number of thioether (sulfide) groups is 1. The molecule has 116 valence electrons. The highest BCUT2D eigenvalue weighted by molar-refractivity contribution is 8.00. The third kappa shape index (κ3) is 2.68. The minimum Gasteiger partial charge on any atom is -0.310 e. The number of aromatic nitrogens is 2. The van der Waals surface area contributed by atoms with E-state index >= 15 is 0 Å². The van der Waals surface area contributed by atoms with Crippen LogP contribution in [0.15, 0.2) is 29.1 Å². The molecule has 1 unspecified atom stereocenters. The smallest absolute Gasteiger partial charge is 0.270 e. The summed E-state index contributed by atoms with van der Waals surface area (Å²) in [4.78, 5) is 24.4. The number of H-pyrrole nitrogens is 1. The average molecular weight is 338 g/mol. The van der Waals surface area contributed by atoms with Gasteiger partial charge >= 0.3 is 0 Å². The summed E-state index contributed by atoms with van der Waals surface area (Å²) < 4.78 is 1.71. The number of hydrogen-bond donors (Lipinski definition) is 2. The molecular formula is C15H16ClN3O2S. The minimum absolute atomic E-state index is 0.0415. The van der Waals surface area contributed by atoms with Crippen molar-refractivity contribution in [2.75, 3.05) is 11.1 Å². The highest BCUT2D eigenvalue weighted by Gasteiger charge is 2.30. The van der Waals surface area contributed by atoms with Gasteiger partial charge in [-0.1, -0.05) is 23.7 Å². The Hall–Kier alpha value is -1.66. The molecule has 0 spiro atoms. The second-order valence-corrected chi connectivity index (χ2v) is 6.99. The van der Waals surface area contributed by atoms with E-state index in [4.69, 9.17) is 11.6 Å². The molecule has 0 saturated carbocycles. The predicted octanol–water partition coefficient (Wildman–Crippen LogP) is 3.19. The lowest BCUT2D eigenvalue weighted by Gasteiger charge is -2.15. The van der Waals surface area contributed by atoms with Gasteiger partial charge in [0, 0.05) is 11.1 Å². The summed E-state index contributed by atoms with van der Waals surface area (Å²) in [7, 11) is 0. The molecule has 0 radical (unpaired) electrons. The minimum atomic E-state index is -0.226. The van der Waals surface area contributed by atoms with Crippen molar-refractivity contribution in [3.05, 3.63) is 50.8 Å². The first-order valence-corrected chi connectivity index (χ1v) is 8.41. The van der Waals surface area contributed by atoms with Crippen LogP contribution in [0.3, 0.4) is 0 Å². The third-order valence-corrected chi connectivity index (χ3v) is 5.04. The predicted molar refractivity (Wildman–Crippen MR) is 89.8 cm³/mol. The van der Waals surface area contributed by atoms with Crippen molar-refractivity contribution in [2.24, 2.45) is 0 Å². The summed E-state index contributed by atoms with van der Waals surface area (Å²) in [6.45, 7) is 3.91. The molecule has 0 bridgehead atoms. The van der Waals surface area contributed by atoms with Crippen LogP contribution in [-0.2, 0) is 4.79 Å². The van der Waals surface area contributed by atoms with E-state index < -0.39 is 0 Å². The van der Waals surface area contributed by atoms with Gasteiger partial charge in [-0.05, 0) is 31.5 Å². The molecule has 22 heavy (non-hydrogen) atoms. The van der Waals surface area contributed by atoms with E-state index in [1.807, 2.05) is 32.0 Å². The van der Waals surface area contributed by atoms with Crippen molar-refractivity contribution < 1.29 is 4.79 Å². The number of amides is 1. The average Bonchev–Trinajstić information content (AvgIpc) is 2.67. The van der Waals surface area contributed by atoms with Crippen LogP contribution < -0.4 is 10.9 Å². The Morgan fingerprint density at radius 1 is 1.36 bits per heavy atom. The molecule has 1 aliphatic heterocycles. The largest absolute Gasteiger partial charge is 0.310 e. The fourth-order valence-electron chi connectivity index (χ4n) is 2.56. The number of anilines is 1. The van der Waals surface area contributed by atoms with E-state index in [1.54, 1.807) is 10.7 Å². The number of aromatic amines is 1. The van der Waals surface area contributed by atoms with Gasteiger partial charge in [-0.2, -0.15) is 0 Å². The number of fused-ring (bicyclic) bond motifs is 1. The number of carbonyl (C=O) groups excluding carboxylic acids is 1. The second-order valence-electron chi connectivity index (χ2n) is 5.46. The number of halogens is 1. The van der Waals surface area contributed by atoms with Crippen LogP contribution in [0.1, 0.15) is 36.3 Å². The SMILES string of the molecule is CC(C)n1[nH]c(=O)c2c1NC(=O)CSC2c1cccc(Cl)c1. The van der Waals surface area contributed by atoms with Crippen LogP contribution >= 0.6 is 23.4 Å². The molecule has 3 rings (SSSR count). The van der Waals surface area contributed by atoms with Crippen molar-refractivity contribution in [1.29, 1.82) is 0 Å². The third-order valence-electron chi connectivity index (χ3n) is 3.53. The van der Waals surface area contributed by atoms with Gasteiger partial charge in [0.25, 0.3) is 5.56 Å². The number of rotatable bonds is 2. The lowest BCUT2D eigenvalue weighted by molar-refractivity contribution is -0.113. The topological polar surface area (TPSA) is 66.9 Å². The van der Waals surface area contributed by atoms with Crippen LogP contribution in [0, 0.1) is 0 Å². The molecule has 1 amide bonds. The van der Waals surface area contributed by atoms with Gasteiger partial charge < -0.3 is 5.32 Å². The molecule has 0 saturated heterocycles. The van der Waals surface area contributed by atoms with Gasteiger partial charge in [-0.25, -0.2) is 0 Å². The molecule has 0 aliphatic carbocycles. The fraction of sp³-hybridized carbons (Fsp3) is 0.333. The zero-order valence-electron chi connectivity index (χ0n) is 12.2. The number of nitrogens with zero attached hydrogens (tertiary/aromatic N) is 1. The van der Waals surface area contributed by atoms with E-state index in [1.165, 1.54) is 11.8 Å². The summed E-state index contributed by atoms with van der Waals surface area (Å²) in [6, 6.07) is 7.45. The molecule has 2 aromatic rings. The molecule has 2 N–H and O–H groups in total. The number of carbonyl (C=O) groups is 1. The summed E-state index contributed by atoms with van der Waals surface area (Å²) in [5.74, 6) is 0.743. The van der Waals surface area contributed by atoms with Gasteiger partial charge in [0.2, 0.25) is 5.91 Å². The Labute approximate surface area is 137 Å². The fourth-order valence-corrected chi connectivity index (χ4v) is 3.88. The first-order valence-electron chi connectivity index (χ1n) is 6.98. The van der Waals surface area contributed by atoms with Crippen LogP contribution in [0.4, 0.5) is 5.82 Å². The Bertz CT molecular complexity index is 781. The Balaban J connectivity index is 2.19. The van der Waals surface area contributed by atoms with E-state index in [2.05, 4.69) is 10.4 Å². The Kier molecular flexibility index (Phi) is 4.06. The first-order chi connectivity index (χ1) is 10.5. The van der Waals surface area contributed by atoms with E-state index in [9.17, 15) is 9.59 Å². The lowest BCUT2D eigenvalue weighted by Crippen LogP contribution is -2.17. The zero-order chi connectivity index (χ0) is 15.9. The van der Waals surface area contributed by atoms with Gasteiger partial charge in [0.05, 0.1) is 16.6 Å². The standard InChI is InChI=1S/C15H16ClN3O2S/c1-8(2)19-14-12(15(21)18-19)13(22-7-11(20)17-14)9-4-3-5-10(16)6-9/h3-6,8,13H,7H2,1-2H3,(H,17,20)(H,18,21). The number of hydrogen-bond acceptors (Lipinski definition) is 3. The molecule has 1 aromatic heterocycles. The van der Waals surface area contributed by atoms with E-state index in [-0.39, 0.29) is 22.8 Å².